The second-order valence-corrected chi connectivity index (χ2v) is 4.09. The third-order valence-corrected chi connectivity index (χ3v) is 2.48. The minimum atomic E-state index is -0.907. The Morgan fingerprint density at radius 2 is 1.89 bits per heavy atom. The Bertz CT molecular complexity index is 486. The number of imide groups is 1. The summed E-state index contributed by atoms with van der Waals surface area (Å²) in [6, 6.07) is 2.61. The van der Waals surface area contributed by atoms with E-state index in [0.29, 0.717) is 11.4 Å². The summed E-state index contributed by atoms with van der Waals surface area (Å²) in [7, 11) is 0. The lowest BCUT2D eigenvalue weighted by molar-refractivity contribution is -0.126. The van der Waals surface area contributed by atoms with Gasteiger partial charge in [0, 0.05) is 11.8 Å². The van der Waals surface area contributed by atoms with Crippen molar-refractivity contribution in [2.75, 3.05) is 5.73 Å². The van der Waals surface area contributed by atoms with Crippen molar-refractivity contribution in [2.24, 2.45) is 5.73 Å². The van der Waals surface area contributed by atoms with Crippen molar-refractivity contribution < 1.29 is 14.3 Å². The molecule has 5 N–H and O–H groups in total. The van der Waals surface area contributed by atoms with Crippen LogP contribution in [0.2, 0.25) is 0 Å². The summed E-state index contributed by atoms with van der Waals surface area (Å²) in [6.45, 7) is 5.25. The third-order valence-electron chi connectivity index (χ3n) is 2.48. The van der Waals surface area contributed by atoms with E-state index in [9.17, 15) is 9.59 Å². The Kier molecular flexibility index (Phi) is 4.14. The van der Waals surface area contributed by atoms with Crippen LogP contribution in [-0.2, 0) is 4.79 Å². The van der Waals surface area contributed by atoms with Crippen molar-refractivity contribution in [1.29, 1.82) is 0 Å². The monoisotopic (exact) mass is 251 g/mol. The van der Waals surface area contributed by atoms with Gasteiger partial charge in [-0.25, -0.2) is 4.79 Å². The Hall–Kier alpha value is -2.24. The van der Waals surface area contributed by atoms with Gasteiger partial charge in [0.2, 0.25) is 0 Å². The molecule has 0 bridgehead atoms. The topological polar surface area (TPSA) is 107 Å². The summed E-state index contributed by atoms with van der Waals surface area (Å²) < 4.78 is 5.44. The molecular weight excluding hydrogens is 234 g/mol. The number of hydrogen-bond donors (Lipinski definition) is 3. The molecular formula is C12H17N3O3. The fourth-order valence-corrected chi connectivity index (χ4v) is 1.44. The number of amides is 3. The van der Waals surface area contributed by atoms with Crippen LogP contribution in [0.5, 0.6) is 5.75 Å². The van der Waals surface area contributed by atoms with Gasteiger partial charge in [0.1, 0.15) is 5.75 Å². The van der Waals surface area contributed by atoms with Crippen LogP contribution >= 0.6 is 0 Å². The van der Waals surface area contributed by atoms with Crippen LogP contribution in [0, 0.1) is 13.8 Å². The molecule has 0 aromatic heterocycles. The van der Waals surface area contributed by atoms with Gasteiger partial charge in [0.05, 0.1) is 0 Å². The number of nitrogens with two attached hydrogens (primary N) is 2. The van der Waals surface area contributed by atoms with E-state index in [1.165, 1.54) is 6.92 Å². The lowest BCUT2D eigenvalue weighted by atomic mass is 10.1. The van der Waals surface area contributed by atoms with Gasteiger partial charge in [-0.15, -0.1) is 0 Å². The number of urea groups is 1. The molecule has 18 heavy (non-hydrogen) atoms. The summed E-state index contributed by atoms with van der Waals surface area (Å²) in [5.74, 6) is -0.0914. The van der Waals surface area contributed by atoms with E-state index in [1.807, 2.05) is 25.2 Å². The minimum Gasteiger partial charge on any atom is -0.481 e. The average Bonchev–Trinajstić information content (AvgIpc) is 2.24. The molecule has 1 atom stereocenters. The van der Waals surface area contributed by atoms with Crippen molar-refractivity contribution >= 4 is 17.6 Å². The zero-order valence-corrected chi connectivity index (χ0v) is 10.6. The average molecular weight is 251 g/mol. The normalized spacial score (nSPS) is 11.7. The number of rotatable bonds is 3. The van der Waals surface area contributed by atoms with E-state index < -0.39 is 18.0 Å². The van der Waals surface area contributed by atoms with Crippen LogP contribution in [0.3, 0.4) is 0 Å². The number of nitrogens with one attached hydrogen (secondary N) is 1. The number of benzene rings is 1. The SMILES string of the molecule is Cc1cc(C)c(OC(C)C(=O)NC(N)=O)cc1N. The number of carbonyl (C=O) groups is 2. The van der Waals surface area contributed by atoms with Gasteiger partial charge in [-0.3, -0.25) is 10.1 Å². The van der Waals surface area contributed by atoms with E-state index in [-0.39, 0.29) is 0 Å². The summed E-state index contributed by atoms with van der Waals surface area (Å²) in [5, 5.41) is 1.95. The molecule has 0 fully saturated rings. The van der Waals surface area contributed by atoms with E-state index in [2.05, 4.69) is 0 Å². The molecule has 1 unspecified atom stereocenters. The van der Waals surface area contributed by atoms with Gasteiger partial charge >= 0.3 is 6.03 Å². The number of aryl methyl sites for hydroxylation is 2. The number of hydrogen-bond acceptors (Lipinski definition) is 4. The third kappa shape index (κ3) is 3.38. The summed E-state index contributed by atoms with van der Waals surface area (Å²) >= 11 is 0. The Labute approximate surface area is 105 Å². The molecule has 98 valence electrons. The van der Waals surface area contributed by atoms with Crippen LogP contribution in [0.1, 0.15) is 18.1 Å². The van der Waals surface area contributed by atoms with Gasteiger partial charge in [0.25, 0.3) is 5.91 Å². The first-order valence-corrected chi connectivity index (χ1v) is 5.45. The van der Waals surface area contributed by atoms with Gasteiger partial charge in [-0.2, -0.15) is 0 Å². The molecule has 0 aliphatic carbocycles. The van der Waals surface area contributed by atoms with Crippen molar-refractivity contribution in [3.63, 3.8) is 0 Å². The zero-order chi connectivity index (χ0) is 13.9. The molecule has 1 rings (SSSR count). The number of ether oxygens (including phenoxy) is 1. The summed E-state index contributed by atoms with van der Waals surface area (Å²) in [6.07, 6.45) is -0.835. The largest absolute Gasteiger partial charge is 0.481 e. The van der Waals surface area contributed by atoms with E-state index >= 15 is 0 Å². The van der Waals surface area contributed by atoms with E-state index in [1.54, 1.807) is 6.07 Å². The lowest BCUT2D eigenvalue weighted by Gasteiger charge is -2.16. The standard InChI is InChI=1S/C12H17N3O3/c1-6-4-7(2)10(5-9(6)13)18-8(3)11(16)15-12(14)17/h4-5,8H,13H2,1-3H3,(H3,14,15,16,17). The minimum absolute atomic E-state index is 0.505. The number of primary amides is 1. The van der Waals surface area contributed by atoms with Crippen LogP contribution < -0.4 is 21.5 Å². The maximum Gasteiger partial charge on any atom is 0.318 e. The van der Waals surface area contributed by atoms with Crippen molar-refractivity contribution in [3.05, 3.63) is 23.3 Å². The molecule has 0 aliphatic rings. The zero-order valence-electron chi connectivity index (χ0n) is 10.6. The molecule has 0 heterocycles. The molecule has 6 nitrogen and oxygen atoms in total. The number of carbonyl (C=O) groups excluding carboxylic acids is 2. The van der Waals surface area contributed by atoms with Crippen molar-refractivity contribution in [3.8, 4) is 5.75 Å². The molecule has 1 aromatic rings. The Morgan fingerprint density at radius 3 is 2.44 bits per heavy atom. The molecule has 0 spiro atoms. The first-order valence-electron chi connectivity index (χ1n) is 5.45. The highest BCUT2D eigenvalue weighted by Crippen LogP contribution is 2.25. The molecule has 6 heteroatoms. The maximum absolute atomic E-state index is 11.5. The quantitative estimate of drug-likeness (QED) is 0.692. The smallest absolute Gasteiger partial charge is 0.318 e. The lowest BCUT2D eigenvalue weighted by Crippen LogP contribution is -2.42. The second kappa shape index (κ2) is 5.39. The van der Waals surface area contributed by atoms with Gasteiger partial charge in [-0.05, 0) is 31.9 Å². The predicted octanol–water partition coefficient (Wildman–Crippen LogP) is 0.848. The van der Waals surface area contributed by atoms with E-state index in [0.717, 1.165) is 11.1 Å². The van der Waals surface area contributed by atoms with Crippen LogP contribution in [-0.4, -0.2) is 18.0 Å². The highest BCUT2D eigenvalue weighted by atomic mass is 16.5. The van der Waals surface area contributed by atoms with Gasteiger partial charge in [0.15, 0.2) is 6.10 Å². The Balaban J connectivity index is 2.81. The highest BCUT2D eigenvalue weighted by molar-refractivity contribution is 5.95. The first kappa shape index (κ1) is 13.8. The predicted molar refractivity (Wildman–Crippen MR) is 68.1 cm³/mol. The first-order chi connectivity index (χ1) is 8.31. The van der Waals surface area contributed by atoms with Crippen molar-refractivity contribution in [1.82, 2.24) is 5.32 Å². The molecule has 0 saturated carbocycles. The number of nitrogen functional groups attached to an aromatic ring is 1. The highest BCUT2D eigenvalue weighted by Gasteiger charge is 2.17. The molecule has 1 aromatic carbocycles. The summed E-state index contributed by atoms with van der Waals surface area (Å²) in [5.41, 5.74) is 13.0. The van der Waals surface area contributed by atoms with Crippen LogP contribution in [0.15, 0.2) is 12.1 Å². The van der Waals surface area contributed by atoms with Gasteiger partial charge in [-0.1, -0.05) is 6.07 Å². The van der Waals surface area contributed by atoms with E-state index in [4.69, 9.17) is 16.2 Å². The fourth-order valence-electron chi connectivity index (χ4n) is 1.44. The van der Waals surface area contributed by atoms with Crippen molar-refractivity contribution in [2.45, 2.75) is 26.9 Å². The fraction of sp³-hybridized carbons (Fsp3) is 0.333. The van der Waals surface area contributed by atoms with Crippen LogP contribution in [0.25, 0.3) is 0 Å². The number of anilines is 1. The summed E-state index contributed by atoms with van der Waals surface area (Å²) in [4.78, 5) is 22.0. The maximum atomic E-state index is 11.5. The Morgan fingerprint density at radius 1 is 1.28 bits per heavy atom. The second-order valence-electron chi connectivity index (χ2n) is 4.09. The van der Waals surface area contributed by atoms with Gasteiger partial charge < -0.3 is 16.2 Å². The molecule has 0 radical (unpaired) electrons. The molecule has 0 aliphatic heterocycles. The molecule has 0 saturated heterocycles. The molecule has 3 amide bonds. The van der Waals surface area contributed by atoms with Crippen LogP contribution in [0.4, 0.5) is 10.5 Å².